The molecule has 0 saturated carbocycles. The van der Waals surface area contributed by atoms with Gasteiger partial charge in [0, 0.05) is 22.1 Å². The van der Waals surface area contributed by atoms with Gasteiger partial charge in [-0.15, -0.1) is 11.3 Å². The van der Waals surface area contributed by atoms with Crippen molar-refractivity contribution >= 4 is 45.0 Å². The SMILES string of the molecule is Clc1ccc(-c2cccc3[nH]c(-c4n[nH]c5ccc(C6CCNCC6)nc45)nc23)s1. The molecule has 0 unspecified atom stereocenters. The van der Waals surface area contributed by atoms with E-state index in [2.05, 4.69) is 38.7 Å². The van der Waals surface area contributed by atoms with Crippen molar-refractivity contribution in [2.24, 2.45) is 0 Å². The minimum atomic E-state index is 0.490. The van der Waals surface area contributed by atoms with Gasteiger partial charge in [-0.05, 0) is 56.3 Å². The molecule has 3 N–H and O–H groups in total. The van der Waals surface area contributed by atoms with Crippen LogP contribution in [-0.4, -0.2) is 38.2 Å². The quantitative estimate of drug-likeness (QED) is 0.357. The van der Waals surface area contributed by atoms with Gasteiger partial charge in [0.05, 0.1) is 20.9 Å². The summed E-state index contributed by atoms with van der Waals surface area (Å²) in [7, 11) is 0. The fourth-order valence-corrected chi connectivity index (χ4v) is 5.30. The maximum absolute atomic E-state index is 6.16. The number of pyridine rings is 1. The van der Waals surface area contributed by atoms with Crippen LogP contribution in [0.1, 0.15) is 24.5 Å². The van der Waals surface area contributed by atoms with E-state index in [9.17, 15) is 0 Å². The second-order valence-electron chi connectivity index (χ2n) is 7.62. The van der Waals surface area contributed by atoms with Crippen LogP contribution >= 0.6 is 22.9 Å². The Morgan fingerprint density at radius 1 is 0.933 bits per heavy atom. The van der Waals surface area contributed by atoms with Crippen LogP contribution in [-0.2, 0) is 0 Å². The summed E-state index contributed by atoms with van der Waals surface area (Å²) >= 11 is 7.71. The van der Waals surface area contributed by atoms with Gasteiger partial charge in [-0.25, -0.2) is 9.97 Å². The monoisotopic (exact) mass is 434 g/mol. The fraction of sp³-hybridized carbons (Fsp3) is 0.227. The Morgan fingerprint density at radius 3 is 2.67 bits per heavy atom. The highest BCUT2D eigenvalue weighted by molar-refractivity contribution is 7.19. The van der Waals surface area contributed by atoms with Crippen molar-refractivity contribution in [2.75, 3.05) is 13.1 Å². The first-order valence-corrected chi connectivity index (χ1v) is 11.3. The zero-order chi connectivity index (χ0) is 20.1. The molecule has 0 bridgehead atoms. The second-order valence-corrected chi connectivity index (χ2v) is 9.33. The van der Waals surface area contributed by atoms with Crippen molar-refractivity contribution in [1.82, 2.24) is 30.5 Å². The highest BCUT2D eigenvalue weighted by atomic mass is 35.5. The van der Waals surface area contributed by atoms with Crippen LogP contribution in [0.15, 0.2) is 42.5 Å². The molecule has 0 atom stereocenters. The molecule has 150 valence electrons. The number of para-hydroxylation sites is 1. The van der Waals surface area contributed by atoms with Gasteiger partial charge < -0.3 is 10.3 Å². The second kappa shape index (κ2) is 7.19. The van der Waals surface area contributed by atoms with E-state index in [1.807, 2.05) is 24.3 Å². The number of imidazole rings is 1. The smallest absolute Gasteiger partial charge is 0.161 e. The third-order valence-electron chi connectivity index (χ3n) is 5.76. The van der Waals surface area contributed by atoms with E-state index in [1.165, 1.54) is 0 Å². The third-order valence-corrected chi connectivity index (χ3v) is 7.03. The predicted molar refractivity (Wildman–Crippen MR) is 122 cm³/mol. The van der Waals surface area contributed by atoms with Crippen LogP contribution in [0.4, 0.5) is 0 Å². The van der Waals surface area contributed by atoms with Gasteiger partial charge in [0.15, 0.2) is 11.5 Å². The number of thiophene rings is 1. The molecule has 5 aromatic rings. The maximum atomic E-state index is 6.16. The number of hydrogen-bond acceptors (Lipinski definition) is 5. The van der Waals surface area contributed by atoms with Gasteiger partial charge in [-0.1, -0.05) is 23.7 Å². The summed E-state index contributed by atoms with van der Waals surface area (Å²) in [5, 5.41) is 11.1. The highest BCUT2D eigenvalue weighted by Crippen LogP contribution is 2.36. The number of rotatable bonds is 3. The molecule has 0 amide bonds. The number of piperidine rings is 1. The lowest BCUT2D eigenvalue weighted by Crippen LogP contribution is -2.27. The number of nitrogens with zero attached hydrogens (tertiary/aromatic N) is 3. The van der Waals surface area contributed by atoms with Gasteiger partial charge in [-0.3, -0.25) is 5.10 Å². The molecule has 1 saturated heterocycles. The number of aromatic amines is 2. The first kappa shape index (κ1) is 18.1. The molecule has 1 aliphatic heterocycles. The molecule has 4 aromatic heterocycles. The van der Waals surface area contributed by atoms with E-state index in [-0.39, 0.29) is 0 Å². The van der Waals surface area contributed by atoms with E-state index >= 15 is 0 Å². The number of aromatic nitrogens is 5. The molecule has 0 radical (unpaired) electrons. The van der Waals surface area contributed by atoms with Gasteiger partial charge >= 0.3 is 0 Å². The number of benzene rings is 1. The van der Waals surface area contributed by atoms with Crippen molar-refractivity contribution in [3.05, 3.63) is 52.5 Å². The Bertz CT molecular complexity index is 1360. The number of fused-ring (bicyclic) bond motifs is 2. The van der Waals surface area contributed by atoms with E-state index in [0.717, 1.165) is 80.0 Å². The minimum Gasteiger partial charge on any atom is -0.336 e. The predicted octanol–water partition coefficient (Wildman–Crippen LogP) is 5.35. The van der Waals surface area contributed by atoms with E-state index in [0.29, 0.717) is 5.92 Å². The van der Waals surface area contributed by atoms with Gasteiger partial charge in [-0.2, -0.15) is 5.10 Å². The molecule has 1 aliphatic rings. The first-order valence-electron chi connectivity index (χ1n) is 10.1. The molecule has 6 nitrogen and oxygen atoms in total. The van der Waals surface area contributed by atoms with Gasteiger partial charge in [0.1, 0.15) is 5.52 Å². The summed E-state index contributed by atoms with van der Waals surface area (Å²) in [5.74, 6) is 1.21. The lowest BCUT2D eigenvalue weighted by Gasteiger charge is -2.22. The average Bonchev–Trinajstić information content (AvgIpc) is 3.51. The molecule has 1 aromatic carbocycles. The molecule has 6 rings (SSSR count). The van der Waals surface area contributed by atoms with Crippen molar-refractivity contribution in [3.63, 3.8) is 0 Å². The Morgan fingerprint density at radius 2 is 1.83 bits per heavy atom. The van der Waals surface area contributed by atoms with E-state index in [4.69, 9.17) is 21.6 Å². The van der Waals surface area contributed by atoms with Crippen LogP contribution < -0.4 is 5.32 Å². The molecule has 0 aliphatic carbocycles. The molecular weight excluding hydrogens is 416 g/mol. The standard InChI is InChI=1S/C22H19ClN6S/c23-18-7-6-17(30-18)13-2-1-3-15-19(13)27-22(26-15)21-20-16(28-29-21)5-4-14(25-20)12-8-10-24-11-9-12/h1-7,12,24H,8-11H2,(H,26,27)(H,28,29). The van der Waals surface area contributed by atoms with Crippen molar-refractivity contribution < 1.29 is 0 Å². The number of H-pyrrole nitrogens is 2. The minimum absolute atomic E-state index is 0.490. The van der Waals surface area contributed by atoms with Crippen LogP contribution in [0.25, 0.3) is 44.0 Å². The van der Waals surface area contributed by atoms with Crippen LogP contribution in [0.2, 0.25) is 4.34 Å². The summed E-state index contributed by atoms with van der Waals surface area (Å²) in [4.78, 5) is 14.4. The number of hydrogen-bond donors (Lipinski definition) is 3. The van der Waals surface area contributed by atoms with Crippen LogP contribution in [0.5, 0.6) is 0 Å². The number of nitrogens with one attached hydrogen (secondary N) is 3. The summed E-state index contributed by atoms with van der Waals surface area (Å²) in [6.07, 6.45) is 2.23. The van der Waals surface area contributed by atoms with Crippen molar-refractivity contribution in [2.45, 2.75) is 18.8 Å². The highest BCUT2D eigenvalue weighted by Gasteiger charge is 2.20. The molecular formula is C22H19ClN6S. The molecule has 1 fully saturated rings. The zero-order valence-corrected chi connectivity index (χ0v) is 17.6. The largest absolute Gasteiger partial charge is 0.336 e. The Hall–Kier alpha value is -2.74. The lowest BCUT2D eigenvalue weighted by atomic mass is 9.94. The fourth-order valence-electron chi connectivity index (χ4n) is 4.23. The Balaban J connectivity index is 1.47. The average molecular weight is 435 g/mol. The Labute approximate surface area is 181 Å². The van der Waals surface area contributed by atoms with Crippen molar-refractivity contribution in [3.8, 4) is 22.0 Å². The maximum Gasteiger partial charge on any atom is 0.161 e. The molecule has 30 heavy (non-hydrogen) atoms. The van der Waals surface area contributed by atoms with E-state index < -0.39 is 0 Å². The topological polar surface area (TPSA) is 82.3 Å². The third kappa shape index (κ3) is 3.01. The first-order chi connectivity index (χ1) is 14.8. The lowest BCUT2D eigenvalue weighted by molar-refractivity contribution is 0.454. The summed E-state index contributed by atoms with van der Waals surface area (Å²) < 4.78 is 0.769. The van der Waals surface area contributed by atoms with Crippen LogP contribution in [0.3, 0.4) is 0 Å². The normalized spacial score (nSPS) is 15.4. The van der Waals surface area contributed by atoms with Gasteiger partial charge in [0.25, 0.3) is 0 Å². The van der Waals surface area contributed by atoms with E-state index in [1.54, 1.807) is 11.3 Å². The molecule has 5 heterocycles. The summed E-state index contributed by atoms with van der Waals surface area (Å²) in [6.45, 7) is 2.09. The zero-order valence-electron chi connectivity index (χ0n) is 16.1. The van der Waals surface area contributed by atoms with Crippen molar-refractivity contribution in [1.29, 1.82) is 0 Å². The molecule has 0 spiro atoms. The van der Waals surface area contributed by atoms with Crippen LogP contribution in [0, 0.1) is 0 Å². The summed E-state index contributed by atoms with van der Waals surface area (Å²) in [5.41, 5.74) is 6.63. The van der Waals surface area contributed by atoms with Gasteiger partial charge in [0.2, 0.25) is 0 Å². The Kier molecular flexibility index (Phi) is 4.33. The molecule has 8 heteroatoms. The summed E-state index contributed by atoms with van der Waals surface area (Å²) in [6, 6.07) is 14.3. The number of halogens is 1.